The van der Waals surface area contributed by atoms with Gasteiger partial charge in [-0.05, 0) is 48.9 Å². The van der Waals surface area contributed by atoms with Crippen molar-refractivity contribution >= 4 is 15.7 Å². The van der Waals surface area contributed by atoms with Crippen LogP contribution in [0.2, 0.25) is 0 Å². The van der Waals surface area contributed by atoms with Gasteiger partial charge in [0.2, 0.25) is 10.0 Å². The van der Waals surface area contributed by atoms with Crippen molar-refractivity contribution < 1.29 is 22.7 Å². The number of ether oxygens (including phenoxy) is 2. The van der Waals surface area contributed by atoms with E-state index < -0.39 is 10.0 Å². The summed E-state index contributed by atoms with van der Waals surface area (Å²) in [5.74, 6) is 1.49. The van der Waals surface area contributed by atoms with Crippen LogP contribution in [0.25, 0.3) is 0 Å². The molecule has 0 saturated carbocycles. The van der Waals surface area contributed by atoms with Crippen LogP contribution in [0.5, 0.6) is 11.5 Å². The van der Waals surface area contributed by atoms with Crippen LogP contribution in [-0.2, 0) is 14.9 Å². The first-order valence-electron chi connectivity index (χ1n) is 9.46. The van der Waals surface area contributed by atoms with Gasteiger partial charge in [-0.1, -0.05) is 31.1 Å². The fraction of sp³-hybridized carbons (Fsp3) is 0.381. The molecule has 0 radical (unpaired) electrons. The Kier molecular flexibility index (Phi) is 8.48. The van der Waals surface area contributed by atoms with Crippen LogP contribution in [0.3, 0.4) is 0 Å². The van der Waals surface area contributed by atoms with E-state index in [9.17, 15) is 8.42 Å². The number of sulfonamides is 1. The third-order valence-corrected chi connectivity index (χ3v) is 6.38. The van der Waals surface area contributed by atoms with Gasteiger partial charge in [0.25, 0.3) is 0 Å². The Morgan fingerprint density at radius 2 is 1.52 bits per heavy atom. The molecule has 0 atom stereocenters. The number of hydrogen-bond acceptors (Lipinski definition) is 6. The molecule has 2 aromatic rings. The normalized spacial score (nSPS) is 12.1. The molecule has 0 aliphatic carbocycles. The number of rotatable bonds is 11. The van der Waals surface area contributed by atoms with Gasteiger partial charge >= 0.3 is 0 Å². The second kappa shape index (κ2) is 10.8. The van der Waals surface area contributed by atoms with Crippen molar-refractivity contribution in [3.05, 3.63) is 54.1 Å². The summed E-state index contributed by atoms with van der Waals surface area (Å²) in [5, 5.41) is 4.07. The van der Waals surface area contributed by atoms with Crippen molar-refractivity contribution in [3.63, 3.8) is 0 Å². The molecule has 0 fully saturated rings. The van der Waals surface area contributed by atoms with Crippen molar-refractivity contribution in [2.24, 2.45) is 5.16 Å². The van der Waals surface area contributed by atoms with E-state index in [0.29, 0.717) is 25.4 Å². The highest BCUT2D eigenvalue weighted by Crippen LogP contribution is 2.18. The van der Waals surface area contributed by atoms with Crippen LogP contribution in [0.15, 0.2) is 58.6 Å². The molecule has 7 nitrogen and oxygen atoms in total. The first-order valence-corrected chi connectivity index (χ1v) is 10.9. The predicted molar refractivity (Wildman–Crippen MR) is 113 cm³/mol. The van der Waals surface area contributed by atoms with Crippen LogP contribution in [0.1, 0.15) is 26.3 Å². The summed E-state index contributed by atoms with van der Waals surface area (Å²) in [6, 6.07) is 13.9. The molecule has 2 rings (SSSR count). The molecule has 0 aliphatic heterocycles. The molecule has 0 unspecified atom stereocenters. The highest BCUT2D eigenvalue weighted by Gasteiger charge is 2.21. The van der Waals surface area contributed by atoms with Gasteiger partial charge in [0.15, 0.2) is 6.61 Å². The average Bonchev–Trinajstić information content (AvgIpc) is 2.74. The molecular weight excluding hydrogens is 392 g/mol. The Hall–Kier alpha value is -2.58. The van der Waals surface area contributed by atoms with E-state index in [2.05, 4.69) is 5.16 Å². The maximum atomic E-state index is 12.5. The van der Waals surface area contributed by atoms with E-state index in [0.717, 1.165) is 17.1 Å². The third kappa shape index (κ3) is 6.20. The fourth-order valence-electron chi connectivity index (χ4n) is 2.64. The Morgan fingerprint density at radius 3 is 2.07 bits per heavy atom. The number of benzene rings is 2. The maximum Gasteiger partial charge on any atom is 0.243 e. The molecule has 8 heteroatoms. The SMILES string of the molecule is CCN(CC)S(=O)(=O)c1ccc(C(C)=NOCCOc2ccc(OC)cc2)cc1. The van der Waals surface area contributed by atoms with Crippen LogP contribution >= 0.6 is 0 Å². The van der Waals surface area contributed by atoms with E-state index in [1.54, 1.807) is 38.3 Å². The molecule has 0 aromatic heterocycles. The van der Waals surface area contributed by atoms with Crippen molar-refractivity contribution in [3.8, 4) is 11.5 Å². The lowest BCUT2D eigenvalue weighted by Crippen LogP contribution is -2.30. The van der Waals surface area contributed by atoms with Gasteiger partial charge in [-0.15, -0.1) is 0 Å². The van der Waals surface area contributed by atoms with Crippen molar-refractivity contribution in [2.45, 2.75) is 25.7 Å². The minimum absolute atomic E-state index is 0.270. The highest BCUT2D eigenvalue weighted by molar-refractivity contribution is 7.89. The largest absolute Gasteiger partial charge is 0.497 e. The molecular formula is C21H28N2O5S. The lowest BCUT2D eigenvalue weighted by molar-refractivity contribution is 0.107. The minimum atomic E-state index is -3.46. The van der Waals surface area contributed by atoms with E-state index in [1.807, 2.05) is 38.1 Å². The van der Waals surface area contributed by atoms with Crippen LogP contribution in [0.4, 0.5) is 0 Å². The molecule has 0 saturated heterocycles. The van der Waals surface area contributed by atoms with E-state index in [-0.39, 0.29) is 11.5 Å². The topological polar surface area (TPSA) is 77.4 Å². The number of nitrogens with zero attached hydrogens (tertiary/aromatic N) is 2. The summed E-state index contributed by atoms with van der Waals surface area (Å²) in [6.45, 7) is 6.96. The summed E-state index contributed by atoms with van der Waals surface area (Å²) < 4.78 is 37.1. The Labute approximate surface area is 172 Å². The molecule has 0 heterocycles. The molecule has 158 valence electrons. The number of methoxy groups -OCH3 is 1. The summed E-state index contributed by atoms with van der Waals surface area (Å²) in [4.78, 5) is 5.57. The number of hydrogen-bond donors (Lipinski definition) is 0. The number of oxime groups is 1. The Morgan fingerprint density at radius 1 is 0.931 bits per heavy atom. The third-order valence-electron chi connectivity index (χ3n) is 4.32. The summed E-state index contributed by atoms with van der Waals surface area (Å²) in [5.41, 5.74) is 1.45. The molecule has 0 bridgehead atoms. The lowest BCUT2D eigenvalue weighted by Gasteiger charge is -2.18. The van der Waals surface area contributed by atoms with Gasteiger partial charge < -0.3 is 14.3 Å². The summed E-state index contributed by atoms with van der Waals surface area (Å²) >= 11 is 0. The van der Waals surface area contributed by atoms with E-state index in [1.165, 1.54) is 4.31 Å². The Balaban J connectivity index is 1.87. The van der Waals surface area contributed by atoms with Gasteiger partial charge in [-0.2, -0.15) is 4.31 Å². The Bertz CT molecular complexity index is 890. The average molecular weight is 421 g/mol. The van der Waals surface area contributed by atoms with Gasteiger partial charge in [-0.25, -0.2) is 8.42 Å². The predicted octanol–water partition coefficient (Wildman–Crippen LogP) is 3.55. The standard InChI is InChI=1S/C21H28N2O5S/c1-5-23(6-2)29(24,25)21-13-7-18(8-14-21)17(3)22-28-16-15-27-20-11-9-19(26-4)10-12-20/h7-14H,5-6,15-16H2,1-4H3. The van der Waals surface area contributed by atoms with Gasteiger partial charge in [0, 0.05) is 13.1 Å². The van der Waals surface area contributed by atoms with Crippen molar-refractivity contribution in [1.82, 2.24) is 4.31 Å². The summed E-state index contributed by atoms with van der Waals surface area (Å²) in [7, 11) is -1.85. The molecule has 0 amide bonds. The molecule has 0 spiro atoms. The van der Waals surface area contributed by atoms with Crippen LogP contribution in [-0.4, -0.2) is 51.8 Å². The summed E-state index contributed by atoms with van der Waals surface area (Å²) in [6.07, 6.45) is 0. The van der Waals surface area contributed by atoms with Crippen molar-refractivity contribution in [2.75, 3.05) is 33.4 Å². The quantitative estimate of drug-likeness (QED) is 0.316. The monoisotopic (exact) mass is 420 g/mol. The zero-order chi connectivity index (χ0) is 21.3. The molecule has 0 aliphatic rings. The maximum absolute atomic E-state index is 12.5. The second-order valence-corrected chi connectivity index (χ2v) is 8.09. The van der Waals surface area contributed by atoms with Crippen molar-refractivity contribution in [1.29, 1.82) is 0 Å². The van der Waals surface area contributed by atoms with Gasteiger partial charge in [0.1, 0.15) is 18.1 Å². The van der Waals surface area contributed by atoms with Crippen LogP contribution in [0, 0.1) is 0 Å². The zero-order valence-electron chi connectivity index (χ0n) is 17.3. The lowest BCUT2D eigenvalue weighted by atomic mass is 10.1. The minimum Gasteiger partial charge on any atom is -0.497 e. The van der Waals surface area contributed by atoms with E-state index in [4.69, 9.17) is 14.3 Å². The highest BCUT2D eigenvalue weighted by atomic mass is 32.2. The van der Waals surface area contributed by atoms with Gasteiger partial charge in [-0.3, -0.25) is 0 Å². The first kappa shape index (κ1) is 22.7. The first-order chi connectivity index (χ1) is 13.9. The smallest absolute Gasteiger partial charge is 0.243 e. The van der Waals surface area contributed by atoms with Gasteiger partial charge in [0.05, 0.1) is 17.7 Å². The zero-order valence-corrected chi connectivity index (χ0v) is 18.1. The van der Waals surface area contributed by atoms with Crippen LogP contribution < -0.4 is 9.47 Å². The fourth-order valence-corrected chi connectivity index (χ4v) is 4.10. The molecule has 29 heavy (non-hydrogen) atoms. The molecule has 2 aromatic carbocycles. The second-order valence-electron chi connectivity index (χ2n) is 6.15. The van der Waals surface area contributed by atoms with E-state index >= 15 is 0 Å². The molecule has 0 N–H and O–H groups in total.